The highest BCUT2D eigenvalue weighted by Gasteiger charge is 2.10. The lowest BCUT2D eigenvalue weighted by molar-refractivity contribution is 0.161. The minimum Gasteiger partial charge on any atom is -0.393 e. The second-order valence-corrected chi connectivity index (χ2v) is 4.73. The van der Waals surface area contributed by atoms with Crippen molar-refractivity contribution in [3.8, 4) is 0 Å². The minimum atomic E-state index is -0.166. The summed E-state index contributed by atoms with van der Waals surface area (Å²) in [6.45, 7) is 4.17. The van der Waals surface area contributed by atoms with Crippen LogP contribution in [0.4, 0.5) is 5.69 Å². The maximum absolute atomic E-state index is 9.40. The van der Waals surface area contributed by atoms with Crippen LogP contribution in [0, 0.1) is 13.8 Å². The van der Waals surface area contributed by atoms with Gasteiger partial charge in [0.05, 0.1) is 11.8 Å². The highest BCUT2D eigenvalue weighted by atomic mass is 16.3. The zero-order valence-electron chi connectivity index (χ0n) is 10.5. The normalized spacial score (nSPS) is 19.7. The van der Waals surface area contributed by atoms with Crippen LogP contribution in [-0.4, -0.2) is 11.2 Å². The first-order chi connectivity index (χ1) is 8.15. The van der Waals surface area contributed by atoms with E-state index < -0.39 is 0 Å². The molecule has 3 heteroatoms. The number of aryl methyl sites for hydroxylation is 2. The quantitative estimate of drug-likeness (QED) is 0.702. The first kappa shape index (κ1) is 12.0. The molecule has 0 aliphatic heterocycles. The maximum atomic E-state index is 9.40. The minimum absolute atomic E-state index is 0.166. The molecule has 0 spiro atoms. The predicted molar refractivity (Wildman–Crippen MR) is 70.6 cm³/mol. The summed E-state index contributed by atoms with van der Waals surface area (Å²) in [6.07, 6.45) is 4.39. The van der Waals surface area contributed by atoms with Gasteiger partial charge in [-0.2, -0.15) is 0 Å². The smallest absolute Gasteiger partial charge is 0.0579 e. The largest absolute Gasteiger partial charge is 0.393 e. The Morgan fingerprint density at radius 1 is 1.24 bits per heavy atom. The molecule has 1 aromatic carbocycles. The summed E-state index contributed by atoms with van der Waals surface area (Å²) in [5.74, 6) is 0. The van der Waals surface area contributed by atoms with Crippen molar-refractivity contribution in [1.29, 1.82) is 0 Å². The van der Waals surface area contributed by atoms with Crippen molar-refractivity contribution in [2.24, 2.45) is 0 Å². The zero-order valence-corrected chi connectivity index (χ0v) is 10.5. The molecule has 92 valence electrons. The summed E-state index contributed by atoms with van der Waals surface area (Å²) < 4.78 is 0. The van der Waals surface area contributed by atoms with E-state index in [1.807, 2.05) is 0 Å². The fraction of sp³-hybridized carbons (Fsp3) is 0.429. The molecule has 3 N–H and O–H groups in total. The van der Waals surface area contributed by atoms with Gasteiger partial charge in [-0.25, -0.2) is 0 Å². The lowest BCUT2D eigenvalue weighted by Crippen LogP contribution is -2.25. The van der Waals surface area contributed by atoms with Gasteiger partial charge in [-0.15, -0.1) is 0 Å². The average molecular weight is 232 g/mol. The number of benzene rings is 1. The van der Waals surface area contributed by atoms with E-state index in [-0.39, 0.29) is 6.10 Å². The van der Waals surface area contributed by atoms with Crippen LogP contribution < -0.4 is 10.9 Å². The number of hydrazine groups is 1. The molecule has 0 radical (unpaired) electrons. The topological polar surface area (TPSA) is 44.3 Å². The number of hydrogen-bond donors (Lipinski definition) is 3. The van der Waals surface area contributed by atoms with Gasteiger partial charge >= 0.3 is 0 Å². The van der Waals surface area contributed by atoms with E-state index in [1.165, 1.54) is 11.1 Å². The molecule has 0 heterocycles. The number of rotatable bonds is 3. The van der Waals surface area contributed by atoms with Gasteiger partial charge in [-0.3, -0.25) is 0 Å². The molecular formula is C14H20N2O. The van der Waals surface area contributed by atoms with Gasteiger partial charge in [0.15, 0.2) is 0 Å². The summed E-state index contributed by atoms with van der Waals surface area (Å²) in [5, 5.41) is 9.40. The molecular weight excluding hydrogens is 212 g/mol. The number of nitrogens with one attached hydrogen (secondary N) is 2. The highest BCUT2D eigenvalue weighted by Crippen LogP contribution is 2.18. The predicted octanol–water partition coefficient (Wildman–Crippen LogP) is 2.65. The molecule has 0 saturated carbocycles. The Morgan fingerprint density at radius 2 is 2.06 bits per heavy atom. The maximum Gasteiger partial charge on any atom is 0.0579 e. The van der Waals surface area contributed by atoms with Crippen LogP contribution >= 0.6 is 0 Å². The van der Waals surface area contributed by atoms with Crippen LogP contribution in [0.5, 0.6) is 0 Å². The van der Waals surface area contributed by atoms with Crippen molar-refractivity contribution in [2.45, 2.75) is 39.2 Å². The lowest BCUT2D eigenvalue weighted by Gasteiger charge is -2.20. The SMILES string of the molecule is Cc1ccc(C)c(NNC2=CCC(O)CC2)c1. The van der Waals surface area contributed by atoms with Crippen molar-refractivity contribution < 1.29 is 5.11 Å². The van der Waals surface area contributed by atoms with E-state index in [1.54, 1.807) is 0 Å². The zero-order chi connectivity index (χ0) is 12.3. The Balaban J connectivity index is 1.96. The van der Waals surface area contributed by atoms with Gasteiger partial charge in [-0.1, -0.05) is 18.2 Å². The third-order valence-electron chi connectivity index (χ3n) is 3.13. The second-order valence-electron chi connectivity index (χ2n) is 4.73. The van der Waals surface area contributed by atoms with Crippen molar-refractivity contribution in [3.05, 3.63) is 41.1 Å². The Hall–Kier alpha value is -1.48. The molecule has 2 rings (SSSR count). The van der Waals surface area contributed by atoms with Crippen LogP contribution in [0.1, 0.15) is 30.4 Å². The van der Waals surface area contributed by atoms with Gasteiger partial charge < -0.3 is 16.0 Å². The van der Waals surface area contributed by atoms with Crippen molar-refractivity contribution in [2.75, 3.05) is 5.43 Å². The molecule has 0 fully saturated rings. The number of hydrogen-bond acceptors (Lipinski definition) is 3. The van der Waals surface area contributed by atoms with Crippen LogP contribution in [0.25, 0.3) is 0 Å². The van der Waals surface area contributed by atoms with E-state index in [9.17, 15) is 5.11 Å². The van der Waals surface area contributed by atoms with E-state index in [2.05, 4.69) is 49.0 Å². The summed E-state index contributed by atoms with van der Waals surface area (Å²) in [6, 6.07) is 6.34. The van der Waals surface area contributed by atoms with E-state index in [0.29, 0.717) is 0 Å². The average Bonchev–Trinajstić information content (AvgIpc) is 2.32. The summed E-state index contributed by atoms with van der Waals surface area (Å²) >= 11 is 0. The summed E-state index contributed by atoms with van der Waals surface area (Å²) in [4.78, 5) is 0. The summed E-state index contributed by atoms with van der Waals surface area (Å²) in [5.41, 5.74) is 11.2. The first-order valence-corrected chi connectivity index (χ1v) is 6.11. The molecule has 1 aliphatic rings. The molecule has 1 aliphatic carbocycles. The Bertz CT molecular complexity index is 426. The first-order valence-electron chi connectivity index (χ1n) is 6.11. The van der Waals surface area contributed by atoms with Crippen molar-refractivity contribution in [3.63, 3.8) is 0 Å². The van der Waals surface area contributed by atoms with Gasteiger partial charge in [0.25, 0.3) is 0 Å². The summed E-state index contributed by atoms with van der Waals surface area (Å²) in [7, 11) is 0. The molecule has 0 amide bonds. The van der Waals surface area contributed by atoms with Crippen LogP contribution in [0.3, 0.4) is 0 Å². The van der Waals surface area contributed by atoms with Crippen molar-refractivity contribution in [1.82, 2.24) is 5.43 Å². The second kappa shape index (κ2) is 5.23. The number of allylic oxidation sites excluding steroid dienone is 1. The fourth-order valence-corrected chi connectivity index (χ4v) is 1.95. The van der Waals surface area contributed by atoms with Crippen LogP contribution in [0.2, 0.25) is 0 Å². The molecule has 0 bridgehead atoms. The highest BCUT2D eigenvalue weighted by molar-refractivity contribution is 5.52. The van der Waals surface area contributed by atoms with E-state index in [0.717, 1.165) is 30.6 Å². The Morgan fingerprint density at radius 3 is 2.76 bits per heavy atom. The standard InChI is InChI=1S/C14H20N2O/c1-10-3-4-11(2)14(9-10)16-15-12-5-7-13(17)8-6-12/h3-5,9,13,15-17H,6-8H2,1-2H3. The van der Waals surface area contributed by atoms with Gasteiger partial charge in [-0.05, 0) is 50.3 Å². The van der Waals surface area contributed by atoms with Crippen LogP contribution in [0.15, 0.2) is 30.0 Å². The van der Waals surface area contributed by atoms with Gasteiger partial charge in [0, 0.05) is 5.70 Å². The number of aliphatic hydroxyl groups excluding tert-OH is 1. The Kier molecular flexibility index (Phi) is 3.69. The molecule has 1 aromatic rings. The third kappa shape index (κ3) is 3.24. The molecule has 3 nitrogen and oxygen atoms in total. The third-order valence-corrected chi connectivity index (χ3v) is 3.13. The van der Waals surface area contributed by atoms with Crippen molar-refractivity contribution >= 4 is 5.69 Å². The number of anilines is 1. The van der Waals surface area contributed by atoms with E-state index >= 15 is 0 Å². The van der Waals surface area contributed by atoms with E-state index in [4.69, 9.17) is 0 Å². The van der Waals surface area contributed by atoms with Gasteiger partial charge in [0.2, 0.25) is 0 Å². The molecule has 0 saturated heterocycles. The monoisotopic (exact) mass is 232 g/mol. The van der Waals surface area contributed by atoms with Crippen LogP contribution in [-0.2, 0) is 0 Å². The molecule has 0 aromatic heterocycles. The molecule has 17 heavy (non-hydrogen) atoms. The Labute approximate surface area is 103 Å². The molecule has 1 unspecified atom stereocenters. The van der Waals surface area contributed by atoms with Gasteiger partial charge in [0.1, 0.15) is 0 Å². The fourth-order valence-electron chi connectivity index (χ4n) is 1.95. The molecule has 1 atom stereocenters. The lowest BCUT2D eigenvalue weighted by atomic mass is 10.0. The number of aliphatic hydroxyl groups is 1.